The van der Waals surface area contributed by atoms with Gasteiger partial charge in [0.25, 0.3) is 0 Å². The third-order valence-electron chi connectivity index (χ3n) is 3.85. The molecule has 2 heterocycles. The van der Waals surface area contributed by atoms with Crippen molar-refractivity contribution in [3.05, 3.63) is 83.8 Å². The lowest BCUT2D eigenvalue weighted by Crippen LogP contribution is -2.07. The average molecular weight is 381 g/mol. The van der Waals surface area contributed by atoms with Crippen molar-refractivity contribution in [2.75, 3.05) is 0 Å². The number of nitrogens with zero attached hydrogens (tertiary/aromatic N) is 3. The number of esters is 1. The van der Waals surface area contributed by atoms with E-state index >= 15 is 0 Å². The molecule has 0 N–H and O–H groups in total. The molecule has 8 heteroatoms. The minimum absolute atomic E-state index is 0.0198. The zero-order valence-electron chi connectivity index (χ0n) is 14.3. The van der Waals surface area contributed by atoms with Gasteiger partial charge in [-0.05, 0) is 36.4 Å². The largest absolute Gasteiger partial charge is 0.435 e. The first kappa shape index (κ1) is 17.6. The molecule has 0 aliphatic carbocycles. The normalized spacial score (nSPS) is 15.0. The summed E-state index contributed by atoms with van der Waals surface area (Å²) in [4.78, 5) is 16.3. The molecule has 1 aliphatic heterocycles. The summed E-state index contributed by atoms with van der Waals surface area (Å²) in [5.41, 5.74) is 1.98. The maximum absolute atomic E-state index is 12.4. The topological polar surface area (TPSA) is 65.7 Å². The van der Waals surface area contributed by atoms with Crippen molar-refractivity contribution in [2.45, 2.75) is 6.61 Å². The number of alkyl halides is 2. The molecular formula is C20H13F2N3O3. The van der Waals surface area contributed by atoms with Crippen molar-refractivity contribution in [3.63, 3.8) is 0 Å². The Morgan fingerprint density at radius 3 is 2.71 bits per heavy atom. The zero-order valence-corrected chi connectivity index (χ0v) is 14.3. The maximum atomic E-state index is 12.4. The Morgan fingerprint density at radius 2 is 1.93 bits per heavy atom. The monoisotopic (exact) mass is 381 g/mol. The Hall–Kier alpha value is -3.81. The SMILES string of the molecule is O=C1OC(c2cccc(OC(F)F)c2)=NC1=Cc1cnn(-c2ccccc2)c1. The Morgan fingerprint density at radius 1 is 1.11 bits per heavy atom. The van der Waals surface area contributed by atoms with Crippen LogP contribution in [0.3, 0.4) is 0 Å². The second-order valence-electron chi connectivity index (χ2n) is 5.80. The van der Waals surface area contributed by atoms with E-state index in [-0.39, 0.29) is 17.3 Å². The molecule has 0 saturated carbocycles. The summed E-state index contributed by atoms with van der Waals surface area (Å²) in [5, 5.41) is 4.25. The maximum Gasteiger partial charge on any atom is 0.387 e. The average Bonchev–Trinajstić information content (AvgIpc) is 3.30. The highest BCUT2D eigenvalue weighted by Gasteiger charge is 2.24. The highest BCUT2D eigenvalue weighted by atomic mass is 19.3. The second kappa shape index (κ2) is 7.43. The molecule has 1 aromatic heterocycles. The molecule has 4 rings (SSSR count). The van der Waals surface area contributed by atoms with Crippen LogP contribution >= 0.6 is 0 Å². The van der Waals surface area contributed by atoms with Crippen LogP contribution in [-0.4, -0.2) is 28.3 Å². The van der Waals surface area contributed by atoms with Gasteiger partial charge in [0.15, 0.2) is 5.70 Å². The van der Waals surface area contributed by atoms with E-state index in [0.29, 0.717) is 11.1 Å². The number of carbonyl (C=O) groups is 1. The van der Waals surface area contributed by atoms with Gasteiger partial charge >= 0.3 is 12.6 Å². The number of carbonyl (C=O) groups excluding carboxylic acids is 1. The third kappa shape index (κ3) is 3.80. The van der Waals surface area contributed by atoms with E-state index < -0.39 is 12.6 Å². The Kier molecular flexibility index (Phi) is 4.67. The molecule has 0 radical (unpaired) electrons. The molecule has 0 unspecified atom stereocenters. The molecule has 1 aliphatic rings. The number of cyclic esters (lactones) is 1. The van der Waals surface area contributed by atoms with Crippen molar-refractivity contribution in [3.8, 4) is 11.4 Å². The summed E-state index contributed by atoms with van der Waals surface area (Å²) >= 11 is 0. The van der Waals surface area contributed by atoms with Gasteiger partial charge in [0.05, 0.1) is 11.9 Å². The third-order valence-corrected chi connectivity index (χ3v) is 3.85. The Balaban J connectivity index is 1.59. The number of aliphatic imine (C=N–C) groups is 1. The fraction of sp³-hybridized carbons (Fsp3) is 0.0500. The summed E-state index contributed by atoms with van der Waals surface area (Å²) in [7, 11) is 0. The molecule has 0 saturated heterocycles. The van der Waals surface area contributed by atoms with Crippen molar-refractivity contribution in [1.82, 2.24) is 9.78 Å². The first-order chi connectivity index (χ1) is 13.6. The van der Waals surface area contributed by atoms with E-state index in [1.54, 1.807) is 29.2 Å². The molecule has 2 aromatic carbocycles. The molecule has 0 amide bonds. The number of hydrogen-bond acceptors (Lipinski definition) is 5. The van der Waals surface area contributed by atoms with Crippen LogP contribution in [0.1, 0.15) is 11.1 Å². The number of benzene rings is 2. The quantitative estimate of drug-likeness (QED) is 0.498. The van der Waals surface area contributed by atoms with Gasteiger partial charge in [0.1, 0.15) is 5.75 Å². The Bertz CT molecular complexity index is 1080. The number of aromatic nitrogens is 2. The highest BCUT2D eigenvalue weighted by Crippen LogP contribution is 2.22. The Labute approximate surface area is 158 Å². The van der Waals surface area contributed by atoms with E-state index in [2.05, 4.69) is 14.8 Å². The summed E-state index contributed by atoms with van der Waals surface area (Å²) < 4.78 is 35.9. The summed E-state index contributed by atoms with van der Waals surface area (Å²) in [6.45, 7) is -2.94. The van der Waals surface area contributed by atoms with Crippen LogP contribution in [0.2, 0.25) is 0 Å². The molecule has 0 atom stereocenters. The zero-order chi connectivity index (χ0) is 19.5. The van der Waals surface area contributed by atoms with E-state index in [1.807, 2.05) is 30.3 Å². The van der Waals surface area contributed by atoms with Gasteiger partial charge in [-0.1, -0.05) is 24.3 Å². The van der Waals surface area contributed by atoms with Crippen LogP contribution in [-0.2, 0) is 9.53 Å². The van der Waals surface area contributed by atoms with E-state index in [4.69, 9.17) is 4.74 Å². The lowest BCUT2D eigenvalue weighted by atomic mass is 10.2. The minimum atomic E-state index is -2.94. The van der Waals surface area contributed by atoms with Crippen LogP contribution in [0.25, 0.3) is 11.8 Å². The van der Waals surface area contributed by atoms with Gasteiger partial charge in [-0.25, -0.2) is 14.5 Å². The van der Waals surface area contributed by atoms with Gasteiger partial charge < -0.3 is 9.47 Å². The van der Waals surface area contributed by atoms with Crippen LogP contribution in [0.5, 0.6) is 5.75 Å². The van der Waals surface area contributed by atoms with Gasteiger partial charge in [-0.2, -0.15) is 13.9 Å². The second-order valence-corrected chi connectivity index (χ2v) is 5.80. The molecule has 3 aromatic rings. The molecule has 0 spiro atoms. The fourth-order valence-corrected chi connectivity index (χ4v) is 2.63. The predicted molar refractivity (Wildman–Crippen MR) is 97.2 cm³/mol. The fourth-order valence-electron chi connectivity index (χ4n) is 2.63. The lowest BCUT2D eigenvalue weighted by Gasteiger charge is -2.05. The van der Waals surface area contributed by atoms with E-state index in [0.717, 1.165) is 5.69 Å². The van der Waals surface area contributed by atoms with Crippen molar-refractivity contribution in [1.29, 1.82) is 0 Å². The molecular weight excluding hydrogens is 368 g/mol. The van der Waals surface area contributed by atoms with Crippen molar-refractivity contribution >= 4 is 17.9 Å². The summed E-state index contributed by atoms with van der Waals surface area (Å²) in [6, 6.07) is 15.3. The van der Waals surface area contributed by atoms with Crippen LogP contribution in [0.15, 0.2) is 77.7 Å². The number of halogens is 2. The standard InChI is InChI=1S/C20H13F2N3O3/c21-20(22)27-16-8-4-5-14(10-16)18-24-17(19(26)28-18)9-13-11-23-25(12-13)15-6-2-1-3-7-15/h1-12,20H. The molecule has 28 heavy (non-hydrogen) atoms. The number of rotatable bonds is 5. The van der Waals surface area contributed by atoms with Crippen LogP contribution in [0.4, 0.5) is 8.78 Å². The molecule has 0 bridgehead atoms. The smallest absolute Gasteiger partial charge is 0.387 e. The summed E-state index contributed by atoms with van der Waals surface area (Å²) in [6.07, 6.45) is 4.89. The van der Waals surface area contributed by atoms with Gasteiger partial charge in [0.2, 0.25) is 5.90 Å². The molecule has 140 valence electrons. The number of ether oxygens (including phenoxy) is 2. The first-order valence-electron chi connectivity index (χ1n) is 8.26. The van der Waals surface area contributed by atoms with Crippen molar-refractivity contribution in [2.24, 2.45) is 4.99 Å². The first-order valence-corrected chi connectivity index (χ1v) is 8.26. The number of hydrogen-bond donors (Lipinski definition) is 0. The predicted octanol–water partition coefficient (Wildman–Crippen LogP) is 3.82. The molecule has 6 nitrogen and oxygen atoms in total. The molecule has 0 fully saturated rings. The van der Waals surface area contributed by atoms with Crippen molar-refractivity contribution < 1.29 is 23.0 Å². The highest BCUT2D eigenvalue weighted by molar-refractivity contribution is 6.12. The minimum Gasteiger partial charge on any atom is -0.435 e. The van der Waals surface area contributed by atoms with E-state index in [9.17, 15) is 13.6 Å². The lowest BCUT2D eigenvalue weighted by molar-refractivity contribution is -0.129. The van der Waals surface area contributed by atoms with Crippen LogP contribution < -0.4 is 4.74 Å². The van der Waals surface area contributed by atoms with E-state index in [1.165, 1.54) is 18.2 Å². The van der Waals surface area contributed by atoms with Crippen LogP contribution in [0, 0.1) is 0 Å². The van der Waals surface area contributed by atoms with Gasteiger partial charge in [0, 0.05) is 17.3 Å². The summed E-state index contributed by atoms with van der Waals surface area (Å²) in [5.74, 6) is -0.665. The number of para-hydroxylation sites is 1. The van der Waals surface area contributed by atoms with Gasteiger partial charge in [-0.15, -0.1) is 0 Å². The van der Waals surface area contributed by atoms with Gasteiger partial charge in [-0.3, -0.25) is 0 Å².